The van der Waals surface area contributed by atoms with E-state index in [0.717, 1.165) is 5.56 Å². The van der Waals surface area contributed by atoms with Crippen molar-refractivity contribution in [3.05, 3.63) is 71.3 Å². The van der Waals surface area contributed by atoms with Crippen molar-refractivity contribution in [2.75, 3.05) is 11.9 Å². The van der Waals surface area contributed by atoms with Crippen molar-refractivity contribution in [3.8, 4) is 0 Å². The molecule has 0 amide bonds. The second kappa shape index (κ2) is 8.25. The number of carbonyl (C=O) groups excluding carboxylic acids is 1. The molecule has 1 unspecified atom stereocenters. The van der Waals surface area contributed by atoms with E-state index in [1.54, 1.807) is 19.1 Å². The van der Waals surface area contributed by atoms with Gasteiger partial charge in [0.15, 0.2) is 0 Å². The molecule has 0 saturated heterocycles. The van der Waals surface area contributed by atoms with Crippen molar-refractivity contribution >= 4 is 29.3 Å². The number of esters is 1. The summed E-state index contributed by atoms with van der Waals surface area (Å²) in [6, 6.07) is 16.5. The number of rotatable bonds is 6. The zero-order valence-electron chi connectivity index (χ0n) is 12.3. The van der Waals surface area contributed by atoms with Crippen LogP contribution in [0.25, 0.3) is 6.08 Å². The van der Waals surface area contributed by atoms with Crippen LogP contribution in [0.15, 0.2) is 60.7 Å². The van der Waals surface area contributed by atoms with Crippen molar-refractivity contribution in [1.82, 2.24) is 0 Å². The Hall–Kier alpha value is -2.26. The van der Waals surface area contributed by atoms with Gasteiger partial charge >= 0.3 is 5.97 Å². The Kier molecular flexibility index (Phi) is 6.04. The number of hydrogen-bond donors (Lipinski definition) is 1. The van der Waals surface area contributed by atoms with Gasteiger partial charge < -0.3 is 10.1 Å². The van der Waals surface area contributed by atoms with Crippen LogP contribution >= 0.6 is 11.6 Å². The average molecular weight is 316 g/mol. The van der Waals surface area contributed by atoms with Crippen molar-refractivity contribution in [1.29, 1.82) is 0 Å². The minimum absolute atomic E-state index is 0.332. The molecule has 1 N–H and O–H groups in total. The molecule has 0 aromatic heterocycles. The molecule has 0 heterocycles. The molecular weight excluding hydrogens is 298 g/mol. The molecule has 0 aliphatic heterocycles. The molecule has 0 fully saturated rings. The van der Waals surface area contributed by atoms with E-state index < -0.39 is 6.04 Å². The van der Waals surface area contributed by atoms with Gasteiger partial charge in [-0.2, -0.15) is 0 Å². The Morgan fingerprint density at radius 2 is 1.86 bits per heavy atom. The number of halogens is 1. The summed E-state index contributed by atoms with van der Waals surface area (Å²) in [5.74, 6) is -0.338. The maximum atomic E-state index is 12.1. The number of para-hydroxylation sites is 1. The number of carbonyl (C=O) groups is 1. The zero-order chi connectivity index (χ0) is 15.8. The summed E-state index contributed by atoms with van der Waals surface area (Å²) in [5, 5.41) is 3.67. The van der Waals surface area contributed by atoms with E-state index in [1.807, 2.05) is 54.6 Å². The van der Waals surface area contributed by atoms with E-state index in [-0.39, 0.29) is 5.97 Å². The van der Waals surface area contributed by atoms with Crippen molar-refractivity contribution in [2.24, 2.45) is 0 Å². The van der Waals surface area contributed by atoms with Crippen LogP contribution in [0.5, 0.6) is 0 Å². The van der Waals surface area contributed by atoms with E-state index in [1.165, 1.54) is 0 Å². The lowest BCUT2D eigenvalue weighted by atomic mass is 10.1. The van der Waals surface area contributed by atoms with Crippen LogP contribution in [0.2, 0.25) is 5.02 Å². The number of benzene rings is 2. The highest BCUT2D eigenvalue weighted by Crippen LogP contribution is 2.22. The number of hydrogen-bond acceptors (Lipinski definition) is 3. The Balaban J connectivity index is 2.18. The fourth-order valence-corrected chi connectivity index (χ4v) is 2.13. The standard InChI is InChI=1S/C18H18ClNO2/c1-2-22-18(21)17(13-12-14-8-4-3-5-9-14)20-16-11-7-6-10-15(16)19/h3-13,17,20H,2H2,1H3/b13-12+. The normalized spacial score (nSPS) is 12.1. The number of anilines is 1. The fraction of sp³-hybridized carbons (Fsp3) is 0.167. The van der Waals surface area contributed by atoms with Gasteiger partial charge in [-0.15, -0.1) is 0 Å². The first kappa shape index (κ1) is 16.1. The molecule has 2 aromatic carbocycles. The Labute approximate surface area is 135 Å². The first-order valence-corrected chi connectivity index (χ1v) is 7.49. The van der Waals surface area contributed by atoms with Gasteiger partial charge in [0.1, 0.15) is 6.04 Å². The third-order valence-electron chi connectivity index (χ3n) is 3.01. The smallest absolute Gasteiger partial charge is 0.332 e. The van der Waals surface area contributed by atoms with Gasteiger partial charge in [0.25, 0.3) is 0 Å². The summed E-state index contributed by atoms with van der Waals surface area (Å²) < 4.78 is 5.11. The van der Waals surface area contributed by atoms with Crippen LogP contribution in [0.1, 0.15) is 12.5 Å². The lowest BCUT2D eigenvalue weighted by Gasteiger charge is -2.16. The second-order valence-electron chi connectivity index (χ2n) is 4.62. The quantitative estimate of drug-likeness (QED) is 0.803. The summed E-state index contributed by atoms with van der Waals surface area (Å²) in [6.45, 7) is 2.12. The molecule has 0 aliphatic rings. The highest BCUT2D eigenvalue weighted by molar-refractivity contribution is 6.33. The average Bonchev–Trinajstić information content (AvgIpc) is 2.54. The molecule has 3 nitrogen and oxygen atoms in total. The molecule has 0 spiro atoms. The third kappa shape index (κ3) is 4.64. The molecule has 114 valence electrons. The summed E-state index contributed by atoms with van der Waals surface area (Å²) >= 11 is 6.13. The summed E-state index contributed by atoms with van der Waals surface area (Å²) in [7, 11) is 0. The zero-order valence-corrected chi connectivity index (χ0v) is 13.1. The summed E-state index contributed by atoms with van der Waals surface area (Å²) in [6.07, 6.45) is 3.65. The van der Waals surface area contributed by atoms with Crippen LogP contribution in [-0.4, -0.2) is 18.6 Å². The highest BCUT2D eigenvalue weighted by atomic mass is 35.5. The maximum absolute atomic E-state index is 12.1. The van der Waals surface area contributed by atoms with Crippen molar-refractivity contribution in [3.63, 3.8) is 0 Å². The Morgan fingerprint density at radius 1 is 1.18 bits per heavy atom. The lowest BCUT2D eigenvalue weighted by molar-refractivity contribution is -0.142. The molecule has 0 aliphatic carbocycles. The van der Waals surface area contributed by atoms with Gasteiger partial charge in [0.2, 0.25) is 0 Å². The van der Waals surface area contributed by atoms with E-state index in [4.69, 9.17) is 16.3 Å². The topological polar surface area (TPSA) is 38.3 Å². The van der Waals surface area contributed by atoms with Crippen LogP contribution in [-0.2, 0) is 9.53 Å². The Bertz CT molecular complexity index is 641. The molecule has 0 bridgehead atoms. The molecule has 0 radical (unpaired) electrons. The molecule has 2 rings (SSSR count). The Morgan fingerprint density at radius 3 is 2.55 bits per heavy atom. The van der Waals surface area contributed by atoms with Crippen LogP contribution in [0.4, 0.5) is 5.69 Å². The predicted octanol–water partition coefficient (Wildman–Crippen LogP) is 4.40. The summed E-state index contributed by atoms with van der Waals surface area (Å²) in [4.78, 5) is 12.1. The van der Waals surface area contributed by atoms with Crippen molar-refractivity contribution < 1.29 is 9.53 Å². The molecule has 22 heavy (non-hydrogen) atoms. The van der Waals surface area contributed by atoms with Gasteiger partial charge in [0, 0.05) is 0 Å². The van der Waals surface area contributed by atoms with Gasteiger partial charge in [-0.3, -0.25) is 0 Å². The highest BCUT2D eigenvalue weighted by Gasteiger charge is 2.17. The molecule has 2 aromatic rings. The number of ether oxygens (including phenoxy) is 1. The van der Waals surface area contributed by atoms with E-state index in [0.29, 0.717) is 17.3 Å². The van der Waals surface area contributed by atoms with Crippen LogP contribution in [0, 0.1) is 0 Å². The van der Waals surface area contributed by atoms with E-state index in [9.17, 15) is 4.79 Å². The minimum Gasteiger partial charge on any atom is -0.464 e. The van der Waals surface area contributed by atoms with E-state index >= 15 is 0 Å². The number of nitrogens with one attached hydrogen (secondary N) is 1. The first-order valence-electron chi connectivity index (χ1n) is 7.11. The predicted molar refractivity (Wildman–Crippen MR) is 91.0 cm³/mol. The van der Waals surface area contributed by atoms with E-state index in [2.05, 4.69) is 5.32 Å². The molecular formula is C18H18ClNO2. The van der Waals surface area contributed by atoms with Crippen molar-refractivity contribution in [2.45, 2.75) is 13.0 Å². The van der Waals surface area contributed by atoms with Gasteiger partial charge in [-0.05, 0) is 24.6 Å². The molecule has 1 atom stereocenters. The lowest BCUT2D eigenvalue weighted by Crippen LogP contribution is -2.29. The van der Waals surface area contributed by atoms with Gasteiger partial charge in [-0.1, -0.05) is 66.2 Å². The SMILES string of the molecule is CCOC(=O)C(/C=C/c1ccccc1)Nc1ccccc1Cl. The second-order valence-corrected chi connectivity index (χ2v) is 5.03. The third-order valence-corrected chi connectivity index (χ3v) is 3.34. The molecule has 4 heteroatoms. The monoisotopic (exact) mass is 315 g/mol. The largest absolute Gasteiger partial charge is 0.464 e. The van der Waals surface area contributed by atoms with Gasteiger partial charge in [0.05, 0.1) is 17.3 Å². The van der Waals surface area contributed by atoms with Gasteiger partial charge in [-0.25, -0.2) is 4.79 Å². The minimum atomic E-state index is -0.597. The maximum Gasteiger partial charge on any atom is 0.332 e. The summed E-state index contributed by atoms with van der Waals surface area (Å²) in [5.41, 5.74) is 1.71. The first-order chi connectivity index (χ1) is 10.7. The molecule has 0 saturated carbocycles. The fourth-order valence-electron chi connectivity index (χ4n) is 1.93. The van der Waals surface area contributed by atoms with Crippen LogP contribution in [0.3, 0.4) is 0 Å². The van der Waals surface area contributed by atoms with Crippen LogP contribution < -0.4 is 5.32 Å².